The Morgan fingerprint density at radius 3 is 2.72 bits per heavy atom. The molecule has 0 aromatic heterocycles. The molecule has 0 saturated heterocycles. The summed E-state index contributed by atoms with van der Waals surface area (Å²) in [6.07, 6.45) is -0.991. The average molecular weight is 272 g/mol. The van der Waals surface area contributed by atoms with E-state index in [-0.39, 0.29) is 22.9 Å². The molecule has 1 aromatic carbocycles. The van der Waals surface area contributed by atoms with Crippen LogP contribution in [0.4, 0.5) is 5.69 Å². The summed E-state index contributed by atoms with van der Waals surface area (Å²) in [6, 6.07) is 4.61. The quantitative estimate of drug-likeness (QED) is 0.670. The number of nitrogens with two attached hydrogens (primary N) is 1. The van der Waals surface area contributed by atoms with Gasteiger partial charge in [0.1, 0.15) is 0 Å². The summed E-state index contributed by atoms with van der Waals surface area (Å²) >= 11 is 5.87. The van der Waals surface area contributed by atoms with E-state index in [9.17, 15) is 9.59 Å². The molecule has 0 aliphatic heterocycles. The number of esters is 2. The van der Waals surface area contributed by atoms with Gasteiger partial charge in [-0.2, -0.15) is 0 Å². The van der Waals surface area contributed by atoms with E-state index in [1.54, 1.807) is 19.1 Å². The zero-order valence-electron chi connectivity index (χ0n) is 10.1. The molecule has 98 valence electrons. The zero-order valence-corrected chi connectivity index (χ0v) is 10.9. The van der Waals surface area contributed by atoms with Crippen molar-refractivity contribution in [3.05, 3.63) is 28.8 Å². The van der Waals surface area contributed by atoms with Gasteiger partial charge in [-0.15, -0.1) is 0 Å². The fourth-order valence-electron chi connectivity index (χ4n) is 1.24. The Labute approximate surface area is 110 Å². The molecular formula is C12H14ClNO4. The normalized spacial score (nSPS) is 11.7. The van der Waals surface area contributed by atoms with E-state index in [1.807, 2.05) is 0 Å². The molecule has 0 bridgehead atoms. The van der Waals surface area contributed by atoms with Gasteiger partial charge in [-0.3, -0.25) is 0 Å². The number of nitrogen functional groups attached to an aromatic ring is 1. The van der Waals surface area contributed by atoms with Crippen LogP contribution in [0.25, 0.3) is 0 Å². The first kappa shape index (κ1) is 14.3. The first-order valence-electron chi connectivity index (χ1n) is 5.39. The molecular weight excluding hydrogens is 258 g/mol. The number of anilines is 1. The van der Waals surface area contributed by atoms with Crippen molar-refractivity contribution in [3.63, 3.8) is 0 Å². The number of rotatable bonds is 4. The second kappa shape index (κ2) is 6.26. The number of benzene rings is 1. The summed E-state index contributed by atoms with van der Waals surface area (Å²) < 4.78 is 9.65. The van der Waals surface area contributed by atoms with Crippen molar-refractivity contribution >= 4 is 29.2 Å². The van der Waals surface area contributed by atoms with E-state index < -0.39 is 18.0 Å². The summed E-state index contributed by atoms with van der Waals surface area (Å²) in [5.74, 6) is -1.32. The third-order valence-electron chi connectivity index (χ3n) is 2.15. The monoisotopic (exact) mass is 271 g/mol. The van der Waals surface area contributed by atoms with Crippen molar-refractivity contribution in [2.45, 2.75) is 20.0 Å². The average Bonchev–Trinajstić information content (AvgIpc) is 2.32. The molecule has 0 radical (unpaired) electrons. The van der Waals surface area contributed by atoms with Crippen molar-refractivity contribution < 1.29 is 19.1 Å². The van der Waals surface area contributed by atoms with Crippen LogP contribution in [0.5, 0.6) is 0 Å². The molecule has 1 atom stereocenters. The zero-order chi connectivity index (χ0) is 13.7. The van der Waals surface area contributed by atoms with Crippen LogP contribution in [0.1, 0.15) is 24.2 Å². The molecule has 18 heavy (non-hydrogen) atoms. The number of hydrogen-bond donors (Lipinski definition) is 1. The van der Waals surface area contributed by atoms with Gasteiger partial charge in [0.2, 0.25) is 0 Å². The van der Waals surface area contributed by atoms with Gasteiger partial charge < -0.3 is 15.2 Å². The molecule has 0 amide bonds. The Kier molecular flexibility index (Phi) is 4.97. The van der Waals surface area contributed by atoms with Crippen LogP contribution < -0.4 is 5.73 Å². The Bertz CT molecular complexity index is 461. The van der Waals surface area contributed by atoms with Crippen molar-refractivity contribution in [1.29, 1.82) is 0 Å². The lowest BCUT2D eigenvalue weighted by Gasteiger charge is -2.12. The highest BCUT2D eigenvalue weighted by atomic mass is 35.5. The van der Waals surface area contributed by atoms with Gasteiger partial charge in [0.25, 0.3) is 0 Å². The Morgan fingerprint density at radius 1 is 1.44 bits per heavy atom. The number of carbonyl (C=O) groups is 2. The smallest absolute Gasteiger partial charge is 0.347 e. The molecule has 6 heteroatoms. The SMILES string of the molecule is CCOC(=O)C(C)OC(=O)c1cccc(N)c1Cl. The van der Waals surface area contributed by atoms with Gasteiger partial charge in [-0.25, -0.2) is 9.59 Å². The number of hydrogen-bond acceptors (Lipinski definition) is 5. The van der Waals surface area contributed by atoms with Crippen LogP contribution >= 0.6 is 11.6 Å². The lowest BCUT2D eigenvalue weighted by molar-refractivity contribution is -0.152. The Hall–Kier alpha value is -1.75. The van der Waals surface area contributed by atoms with E-state index in [1.165, 1.54) is 13.0 Å². The van der Waals surface area contributed by atoms with Crippen LogP contribution in [-0.4, -0.2) is 24.6 Å². The van der Waals surface area contributed by atoms with Crippen molar-refractivity contribution in [1.82, 2.24) is 0 Å². The largest absolute Gasteiger partial charge is 0.463 e. The molecule has 2 N–H and O–H groups in total. The third kappa shape index (κ3) is 3.37. The molecule has 0 spiro atoms. The molecule has 0 saturated carbocycles. The van der Waals surface area contributed by atoms with Crippen LogP contribution in [0.2, 0.25) is 5.02 Å². The number of carbonyl (C=O) groups excluding carboxylic acids is 2. The third-order valence-corrected chi connectivity index (χ3v) is 2.57. The van der Waals surface area contributed by atoms with E-state index in [0.29, 0.717) is 0 Å². The summed E-state index contributed by atoms with van der Waals surface area (Å²) in [5, 5.41) is 0.110. The minimum absolute atomic E-state index is 0.110. The van der Waals surface area contributed by atoms with Gasteiger partial charge in [-0.1, -0.05) is 17.7 Å². The molecule has 1 aromatic rings. The maximum Gasteiger partial charge on any atom is 0.347 e. The second-order valence-electron chi connectivity index (χ2n) is 3.51. The van der Waals surface area contributed by atoms with E-state index >= 15 is 0 Å². The number of halogens is 1. The highest BCUT2D eigenvalue weighted by Gasteiger charge is 2.21. The minimum atomic E-state index is -0.991. The standard InChI is InChI=1S/C12H14ClNO4/c1-3-17-11(15)7(2)18-12(16)8-5-4-6-9(14)10(8)13/h4-7H,3,14H2,1-2H3. The van der Waals surface area contributed by atoms with Crippen molar-refractivity contribution in [3.8, 4) is 0 Å². The van der Waals surface area contributed by atoms with Gasteiger partial charge >= 0.3 is 11.9 Å². The highest BCUT2D eigenvalue weighted by molar-refractivity contribution is 6.36. The summed E-state index contributed by atoms with van der Waals surface area (Å²) in [6.45, 7) is 3.32. The van der Waals surface area contributed by atoms with Crippen LogP contribution in [-0.2, 0) is 14.3 Å². The van der Waals surface area contributed by atoms with Crippen LogP contribution in [0.3, 0.4) is 0 Å². The fourth-order valence-corrected chi connectivity index (χ4v) is 1.44. The van der Waals surface area contributed by atoms with Gasteiger partial charge in [-0.05, 0) is 26.0 Å². The maximum atomic E-state index is 11.8. The predicted octanol–water partition coefficient (Wildman–Crippen LogP) is 2.03. The van der Waals surface area contributed by atoms with E-state index in [4.69, 9.17) is 26.8 Å². The van der Waals surface area contributed by atoms with E-state index in [0.717, 1.165) is 0 Å². The summed E-state index contributed by atoms with van der Waals surface area (Å²) in [5.41, 5.74) is 5.96. The molecule has 0 aliphatic rings. The minimum Gasteiger partial charge on any atom is -0.463 e. The van der Waals surface area contributed by atoms with Crippen LogP contribution in [0.15, 0.2) is 18.2 Å². The molecule has 1 unspecified atom stereocenters. The molecule has 0 fully saturated rings. The van der Waals surface area contributed by atoms with Gasteiger partial charge in [0.05, 0.1) is 22.9 Å². The maximum absolute atomic E-state index is 11.8. The first-order valence-corrected chi connectivity index (χ1v) is 5.76. The molecule has 1 rings (SSSR count). The lowest BCUT2D eigenvalue weighted by Crippen LogP contribution is -2.26. The van der Waals surface area contributed by atoms with Crippen LogP contribution in [0, 0.1) is 0 Å². The van der Waals surface area contributed by atoms with Crippen molar-refractivity contribution in [2.24, 2.45) is 0 Å². The Morgan fingerprint density at radius 2 is 2.11 bits per heavy atom. The predicted molar refractivity (Wildman–Crippen MR) is 67.4 cm³/mol. The van der Waals surface area contributed by atoms with Gasteiger partial charge in [0.15, 0.2) is 6.10 Å². The topological polar surface area (TPSA) is 78.6 Å². The molecule has 5 nitrogen and oxygen atoms in total. The lowest BCUT2D eigenvalue weighted by atomic mass is 10.2. The van der Waals surface area contributed by atoms with Gasteiger partial charge in [0, 0.05) is 0 Å². The molecule has 0 heterocycles. The van der Waals surface area contributed by atoms with Crippen molar-refractivity contribution in [2.75, 3.05) is 12.3 Å². The van der Waals surface area contributed by atoms with E-state index in [2.05, 4.69) is 0 Å². The summed E-state index contributed by atoms with van der Waals surface area (Å²) in [7, 11) is 0. The number of ether oxygens (including phenoxy) is 2. The Balaban J connectivity index is 2.77. The fraction of sp³-hybridized carbons (Fsp3) is 0.333. The second-order valence-corrected chi connectivity index (χ2v) is 3.89. The highest BCUT2D eigenvalue weighted by Crippen LogP contribution is 2.24. The first-order chi connectivity index (χ1) is 8.47. The summed E-state index contributed by atoms with van der Waals surface area (Å²) in [4.78, 5) is 23.1. The molecule has 0 aliphatic carbocycles.